The predicted molar refractivity (Wildman–Crippen MR) is 58.4 cm³/mol. The molecule has 0 unspecified atom stereocenters. The lowest BCUT2D eigenvalue weighted by Gasteiger charge is -2.38. The standard InChI is InChI=1S/C11H20N2O2/c1-8-6-13(7-9(2)15-8)11-5-3-4-10(11)12-14/h8-9,11,14H,3-7H2,1-2H3/b12-10+/t8-,9-,11+/m0/s1. The SMILES string of the molecule is C[C@H]1CN([C@@H]2CCC/C2=N\O)C[C@H](C)O1. The van der Waals surface area contributed by atoms with E-state index in [9.17, 15) is 0 Å². The number of hydrogen-bond acceptors (Lipinski definition) is 4. The van der Waals surface area contributed by atoms with Crippen molar-refractivity contribution in [2.45, 2.75) is 51.4 Å². The van der Waals surface area contributed by atoms with E-state index < -0.39 is 0 Å². The van der Waals surface area contributed by atoms with Crippen LogP contribution in [0.1, 0.15) is 33.1 Å². The van der Waals surface area contributed by atoms with Crippen molar-refractivity contribution in [1.82, 2.24) is 4.90 Å². The summed E-state index contributed by atoms with van der Waals surface area (Å²) in [6.45, 7) is 6.11. The first-order valence-corrected chi connectivity index (χ1v) is 5.81. The van der Waals surface area contributed by atoms with Crippen LogP contribution < -0.4 is 0 Å². The Hall–Kier alpha value is -0.610. The lowest BCUT2D eigenvalue weighted by atomic mass is 10.1. The zero-order valence-corrected chi connectivity index (χ0v) is 9.52. The van der Waals surface area contributed by atoms with E-state index in [4.69, 9.17) is 9.94 Å². The fourth-order valence-electron chi connectivity index (χ4n) is 2.79. The summed E-state index contributed by atoms with van der Waals surface area (Å²) in [5, 5.41) is 12.4. The molecule has 4 heteroatoms. The molecule has 1 heterocycles. The van der Waals surface area contributed by atoms with Gasteiger partial charge in [-0.15, -0.1) is 0 Å². The number of nitrogens with zero attached hydrogens (tertiary/aromatic N) is 2. The van der Waals surface area contributed by atoms with Crippen LogP contribution in [-0.2, 0) is 4.74 Å². The maximum atomic E-state index is 8.93. The van der Waals surface area contributed by atoms with E-state index in [0.717, 1.165) is 38.1 Å². The van der Waals surface area contributed by atoms with Gasteiger partial charge in [-0.3, -0.25) is 4.90 Å². The van der Waals surface area contributed by atoms with Gasteiger partial charge in [0.25, 0.3) is 0 Å². The first-order valence-electron chi connectivity index (χ1n) is 5.81. The largest absolute Gasteiger partial charge is 0.411 e. The minimum Gasteiger partial charge on any atom is -0.411 e. The lowest BCUT2D eigenvalue weighted by molar-refractivity contribution is -0.0733. The normalized spacial score (nSPS) is 41.2. The molecular weight excluding hydrogens is 192 g/mol. The van der Waals surface area contributed by atoms with Gasteiger partial charge in [-0.1, -0.05) is 5.16 Å². The Morgan fingerprint density at radius 1 is 1.33 bits per heavy atom. The smallest absolute Gasteiger partial charge is 0.0742 e. The van der Waals surface area contributed by atoms with Crippen LogP contribution in [0, 0.1) is 0 Å². The second-order valence-electron chi connectivity index (χ2n) is 4.71. The second kappa shape index (κ2) is 4.49. The molecule has 0 bridgehead atoms. The average molecular weight is 212 g/mol. The molecule has 1 saturated carbocycles. The molecule has 2 aliphatic rings. The highest BCUT2D eigenvalue weighted by atomic mass is 16.5. The third-order valence-electron chi connectivity index (χ3n) is 3.31. The van der Waals surface area contributed by atoms with Crippen LogP contribution in [0.3, 0.4) is 0 Å². The monoisotopic (exact) mass is 212 g/mol. The molecule has 0 spiro atoms. The van der Waals surface area contributed by atoms with Gasteiger partial charge in [-0.05, 0) is 33.1 Å². The van der Waals surface area contributed by atoms with Gasteiger partial charge in [0.05, 0.1) is 24.0 Å². The van der Waals surface area contributed by atoms with Gasteiger partial charge in [-0.25, -0.2) is 0 Å². The van der Waals surface area contributed by atoms with Gasteiger partial charge in [-0.2, -0.15) is 0 Å². The lowest BCUT2D eigenvalue weighted by Crippen LogP contribution is -2.51. The van der Waals surface area contributed by atoms with Crippen LogP contribution in [0.25, 0.3) is 0 Å². The summed E-state index contributed by atoms with van der Waals surface area (Å²) in [6, 6.07) is 0.351. The van der Waals surface area contributed by atoms with E-state index in [1.165, 1.54) is 0 Å². The number of morpholine rings is 1. The molecule has 2 fully saturated rings. The Kier molecular flexibility index (Phi) is 3.26. The van der Waals surface area contributed by atoms with Gasteiger partial charge in [0.2, 0.25) is 0 Å². The Labute approximate surface area is 90.9 Å². The van der Waals surface area contributed by atoms with Crippen molar-refractivity contribution >= 4 is 5.71 Å². The van der Waals surface area contributed by atoms with Crippen molar-refractivity contribution in [2.24, 2.45) is 5.16 Å². The molecule has 1 N–H and O–H groups in total. The highest BCUT2D eigenvalue weighted by molar-refractivity contribution is 5.90. The minimum absolute atomic E-state index is 0.286. The molecular formula is C11H20N2O2. The predicted octanol–water partition coefficient (Wildman–Crippen LogP) is 1.48. The molecule has 1 saturated heterocycles. The Bertz CT molecular complexity index is 245. The number of rotatable bonds is 1. The Balaban J connectivity index is 2.03. The Morgan fingerprint density at radius 2 is 2.00 bits per heavy atom. The van der Waals surface area contributed by atoms with E-state index in [1.54, 1.807) is 0 Å². The molecule has 15 heavy (non-hydrogen) atoms. The van der Waals surface area contributed by atoms with Crippen molar-refractivity contribution in [2.75, 3.05) is 13.1 Å². The van der Waals surface area contributed by atoms with E-state index >= 15 is 0 Å². The van der Waals surface area contributed by atoms with Crippen LogP contribution in [0.15, 0.2) is 5.16 Å². The molecule has 4 nitrogen and oxygen atoms in total. The summed E-state index contributed by atoms with van der Waals surface area (Å²) < 4.78 is 5.70. The van der Waals surface area contributed by atoms with Crippen LogP contribution in [0.5, 0.6) is 0 Å². The molecule has 0 aromatic heterocycles. The molecule has 3 atom stereocenters. The molecule has 1 aliphatic heterocycles. The van der Waals surface area contributed by atoms with Gasteiger partial charge < -0.3 is 9.94 Å². The van der Waals surface area contributed by atoms with E-state index in [2.05, 4.69) is 23.9 Å². The highest BCUT2D eigenvalue weighted by Gasteiger charge is 2.33. The van der Waals surface area contributed by atoms with Crippen LogP contribution in [0.4, 0.5) is 0 Å². The first-order chi connectivity index (χ1) is 7.20. The van der Waals surface area contributed by atoms with E-state index in [0.29, 0.717) is 6.04 Å². The fourth-order valence-corrected chi connectivity index (χ4v) is 2.79. The Morgan fingerprint density at radius 3 is 2.60 bits per heavy atom. The number of ether oxygens (including phenoxy) is 1. The highest BCUT2D eigenvalue weighted by Crippen LogP contribution is 2.24. The third-order valence-corrected chi connectivity index (χ3v) is 3.31. The van der Waals surface area contributed by atoms with Gasteiger partial charge in [0, 0.05) is 13.1 Å². The molecule has 0 amide bonds. The van der Waals surface area contributed by atoms with Gasteiger partial charge >= 0.3 is 0 Å². The van der Waals surface area contributed by atoms with Crippen LogP contribution in [-0.4, -0.2) is 47.2 Å². The topological polar surface area (TPSA) is 45.1 Å². The molecule has 0 aromatic rings. The maximum absolute atomic E-state index is 8.93. The molecule has 86 valence electrons. The first kappa shape index (κ1) is 10.9. The number of hydrogen-bond donors (Lipinski definition) is 1. The van der Waals surface area contributed by atoms with Crippen molar-refractivity contribution in [1.29, 1.82) is 0 Å². The molecule has 0 aromatic carbocycles. The fraction of sp³-hybridized carbons (Fsp3) is 0.909. The minimum atomic E-state index is 0.286. The zero-order chi connectivity index (χ0) is 10.8. The quantitative estimate of drug-likeness (QED) is 0.529. The summed E-state index contributed by atoms with van der Waals surface area (Å²) in [7, 11) is 0. The summed E-state index contributed by atoms with van der Waals surface area (Å²) in [5.41, 5.74) is 0.955. The average Bonchev–Trinajstić information content (AvgIpc) is 2.63. The van der Waals surface area contributed by atoms with Crippen molar-refractivity contribution < 1.29 is 9.94 Å². The second-order valence-corrected chi connectivity index (χ2v) is 4.71. The van der Waals surface area contributed by atoms with Crippen molar-refractivity contribution in [3.8, 4) is 0 Å². The number of oxime groups is 1. The molecule has 2 rings (SSSR count). The third kappa shape index (κ3) is 2.32. The van der Waals surface area contributed by atoms with Crippen molar-refractivity contribution in [3.05, 3.63) is 0 Å². The van der Waals surface area contributed by atoms with E-state index in [-0.39, 0.29) is 12.2 Å². The summed E-state index contributed by atoms with van der Waals surface area (Å²) >= 11 is 0. The van der Waals surface area contributed by atoms with Gasteiger partial charge in [0.15, 0.2) is 0 Å². The zero-order valence-electron chi connectivity index (χ0n) is 9.52. The van der Waals surface area contributed by atoms with Crippen LogP contribution >= 0.6 is 0 Å². The summed E-state index contributed by atoms with van der Waals surface area (Å²) in [6.07, 6.45) is 3.79. The molecule has 1 aliphatic carbocycles. The maximum Gasteiger partial charge on any atom is 0.0742 e. The molecule has 0 radical (unpaired) electrons. The van der Waals surface area contributed by atoms with E-state index in [1.807, 2.05) is 0 Å². The summed E-state index contributed by atoms with van der Waals surface area (Å²) in [5.74, 6) is 0. The van der Waals surface area contributed by atoms with Crippen molar-refractivity contribution in [3.63, 3.8) is 0 Å². The summed E-state index contributed by atoms with van der Waals surface area (Å²) in [4.78, 5) is 2.40. The van der Waals surface area contributed by atoms with Gasteiger partial charge in [0.1, 0.15) is 0 Å². The van der Waals surface area contributed by atoms with Crippen LogP contribution in [0.2, 0.25) is 0 Å².